The van der Waals surface area contributed by atoms with Crippen molar-refractivity contribution in [3.05, 3.63) is 35.9 Å². The molecule has 124 valence electrons. The third kappa shape index (κ3) is 2.98. The Morgan fingerprint density at radius 1 is 1.22 bits per heavy atom. The molecule has 2 fully saturated rings. The first-order valence-electron chi connectivity index (χ1n) is 8.42. The normalized spacial score (nSPS) is 28.2. The maximum absolute atomic E-state index is 13.1. The van der Waals surface area contributed by atoms with Gasteiger partial charge in [0, 0.05) is 19.0 Å². The summed E-state index contributed by atoms with van der Waals surface area (Å²) in [5.41, 5.74) is 1.17. The van der Waals surface area contributed by atoms with E-state index in [-0.39, 0.29) is 23.8 Å². The van der Waals surface area contributed by atoms with Gasteiger partial charge in [-0.15, -0.1) is 0 Å². The molecule has 23 heavy (non-hydrogen) atoms. The highest BCUT2D eigenvalue weighted by molar-refractivity contribution is 5.95. The van der Waals surface area contributed by atoms with Crippen LogP contribution in [0.4, 0.5) is 4.79 Å². The predicted octanol–water partition coefficient (Wildman–Crippen LogP) is 2.48. The number of amides is 2. The van der Waals surface area contributed by atoms with E-state index >= 15 is 0 Å². The van der Waals surface area contributed by atoms with Crippen molar-refractivity contribution in [3.8, 4) is 0 Å². The molecule has 5 nitrogen and oxygen atoms in total. The van der Waals surface area contributed by atoms with Crippen molar-refractivity contribution in [1.29, 1.82) is 0 Å². The van der Waals surface area contributed by atoms with Crippen molar-refractivity contribution < 1.29 is 14.3 Å². The van der Waals surface area contributed by atoms with Gasteiger partial charge in [-0.1, -0.05) is 44.2 Å². The summed E-state index contributed by atoms with van der Waals surface area (Å²) in [5.74, 6) is -0.129. The van der Waals surface area contributed by atoms with Crippen LogP contribution in [-0.4, -0.2) is 54.1 Å². The number of ether oxygens (including phenoxy) is 1. The first-order chi connectivity index (χ1) is 11.2. The zero-order chi connectivity index (χ0) is 16.4. The quantitative estimate of drug-likeness (QED) is 0.856. The van der Waals surface area contributed by atoms with Crippen molar-refractivity contribution in [2.75, 3.05) is 26.2 Å². The minimum absolute atomic E-state index is 0.0795. The van der Waals surface area contributed by atoms with E-state index in [1.807, 2.05) is 25.1 Å². The number of hydrogen-bond acceptors (Lipinski definition) is 4. The molecule has 5 heteroatoms. The number of nitrogens with zero attached hydrogens (tertiary/aromatic N) is 2. The Balaban J connectivity index is 1.86. The average Bonchev–Trinajstić information content (AvgIpc) is 3.18. The number of carbonyl (C=O) groups is 2. The molecule has 1 aromatic rings. The van der Waals surface area contributed by atoms with Crippen LogP contribution in [0.25, 0.3) is 0 Å². The smallest absolute Gasteiger partial charge is 0.416 e. The molecule has 2 heterocycles. The van der Waals surface area contributed by atoms with Crippen LogP contribution in [0.1, 0.15) is 31.7 Å². The number of carbonyl (C=O) groups excluding carboxylic acids is 2. The molecule has 2 aliphatic heterocycles. The standard InChI is InChI=1S/C18H24N2O3/c1-3-14-12-23-18(22)20(14)17(21)16-11-19(4-2)10-15(16)13-8-6-5-7-9-13/h5-9,14-16H,3-4,10-12H2,1-2H3/t14-,15?,16?/m0/s1. The number of imide groups is 1. The molecule has 0 saturated carbocycles. The van der Waals surface area contributed by atoms with Crippen LogP contribution in [0.3, 0.4) is 0 Å². The number of rotatable bonds is 4. The molecule has 2 unspecified atom stereocenters. The number of likely N-dealkylation sites (N-methyl/N-ethyl adjacent to an activating group) is 1. The van der Waals surface area contributed by atoms with Gasteiger partial charge in [-0.3, -0.25) is 4.79 Å². The zero-order valence-corrected chi connectivity index (χ0v) is 13.8. The molecule has 3 atom stereocenters. The lowest BCUT2D eigenvalue weighted by Gasteiger charge is -2.25. The molecule has 2 aliphatic rings. The summed E-state index contributed by atoms with van der Waals surface area (Å²) in [5, 5.41) is 0. The van der Waals surface area contributed by atoms with E-state index in [1.165, 1.54) is 10.5 Å². The van der Waals surface area contributed by atoms with Crippen LogP contribution < -0.4 is 0 Å². The Hall–Kier alpha value is -1.88. The topological polar surface area (TPSA) is 49.9 Å². The first-order valence-corrected chi connectivity index (χ1v) is 8.42. The summed E-state index contributed by atoms with van der Waals surface area (Å²) < 4.78 is 5.10. The van der Waals surface area contributed by atoms with Crippen LogP contribution >= 0.6 is 0 Å². The molecule has 0 N–H and O–H groups in total. The Morgan fingerprint density at radius 2 is 1.96 bits per heavy atom. The molecular weight excluding hydrogens is 292 g/mol. The van der Waals surface area contributed by atoms with E-state index in [4.69, 9.17) is 4.74 Å². The Bertz CT molecular complexity index is 575. The van der Waals surface area contributed by atoms with Crippen molar-refractivity contribution in [2.45, 2.75) is 32.2 Å². The van der Waals surface area contributed by atoms with E-state index in [1.54, 1.807) is 0 Å². The van der Waals surface area contributed by atoms with E-state index in [0.29, 0.717) is 13.2 Å². The van der Waals surface area contributed by atoms with Crippen molar-refractivity contribution in [3.63, 3.8) is 0 Å². The molecule has 0 aliphatic carbocycles. The second kappa shape index (κ2) is 6.71. The fourth-order valence-electron chi connectivity index (χ4n) is 3.64. The van der Waals surface area contributed by atoms with Crippen LogP contribution in [-0.2, 0) is 9.53 Å². The van der Waals surface area contributed by atoms with Gasteiger partial charge in [-0.05, 0) is 18.5 Å². The predicted molar refractivity (Wildman–Crippen MR) is 87.1 cm³/mol. The van der Waals surface area contributed by atoms with Crippen LogP contribution in [0.5, 0.6) is 0 Å². The van der Waals surface area contributed by atoms with E-state index < -0.39 is 6.09 Å². The highest BCUT2D eigenvalue weighted by Gasteiger charge is 2.45. The summed E-state index contributed by atoms with van der Waals surface area (Å²) in [7, 11) is 0. The van der Waals surface area contributed by atoms with Gasteiger partial charge in [-0.25, -0.2) is 9.69 Å². The van der Waals surface area contributed by atoms with E-state index in [9.17, 15) is 9.59 Å². The summed E-state index contributed by atoms with van der Waals surface area (Å²) in [6.07, 6.45) is 0.251. The highest BCUT2D eigenvalue weighted by atomic mass is 16.6. The number of likely N-dealkylation sites (tertiary alicyclic amines) is 1. The van der Waals surface area contributed by atoms with Gasteiger partial charge in [0.05, 0.1) is 12.0 Å². The molecule has 3 rings (SSSR count). The molecule has 0 aromatic heterocycles. The number of benzene rings is 1. The third-order valence-corrected chi connectivity index (χ3v) is 5.06. The zero-order valence-electron chi connectivity index (χ0n) is 13.8. The van der Waals surface area contributed by atoms with Gasteiger partial charge in [0.25, 0.3) is 0 Å². The molecule has 0 spiro atoms. The van der Waals surface area contributed by atoms with Gasteiger partial charge >= 0.3 is 6.09 Å². The molecular formula is C18H24N2O3. The lowest BCUT2D eigenvalue weighted by molar-refractivity contribution is -0.133. The number of cyclic esters (lactones) is 1. The van der Waals surface area contributed by atoms with Gasteiger partial charge in [0.15, 0.2) is 0 Å². The maximum atomic E-state index is 13.1. The highest BCUT2D eigenvalue weighted by Crippen LogP contribution is 2.35. The lowest BCUT2D eigenvalue weighted by Crippen LogP contribution is -2.44. The molecule has 2 amide bonds. The first kappa shape index (κ1) is 16.0. The summed E-state index contributed by atoms with van der Waals surface area (Å²) in [6, 6.07) is 10.0. The van der Waals surface area contributed by atoms with Gasteiger partial charge in [0.1, 0.15) is 6.61 Å². The second-order valence-electron chi connectivity index (χ2n) is 6.32. The molecule has 0 radical (unpaired) electrons. The summed E-state index contributed by atoms with van der Waals surface area (Å²) >= 11 is 0. The minimum Gasteiger partial charge on any atom is -0.447 e. The van der Waals surface area contributed by atoms with Crippen molar-refractivity contribution >= 4 is 12.0 Å². The van der Waals surface area contributed by atoms with Gasteiger partial charge in [-0.2, -0.15) is 0 Å². The Morgan fingerprint density at radius 3 is 2.61 bits per heavy atom. The SMILES string of the molecule is CC[C@H]1COC(=O)N1C(=O)C1CN(CC)CC1c1ccccc1. The fraction of sp³-hybridized carbons (Fsp3) is 0.556. The fourth-order valence-corrected chi connectivity index (χ4v) is 3.64. The molecule has 2 saturated heterocycles. The van der Waals surface area contributed by atoms with E-state index in [0.717, 1.165) is 19.5 Å². The van der Waals surface area contributed by atoms with Crippen molar-refractivity contribution in [2.24, 2.45) is 5.92 Å². The van der Waals surface area contributed by atoms with Crippen molar-refractivity contribution in [1.82, 2.24) is 9.80 Å². The maximum Gasteiger partial charge on any atom is 0.416 e. The average molecular weight is 316 g/mol. The second-order valence-corrected chi connectivity index (χ2v) is 6.32. The van der Waals surface area contributed by atoms with Gasteiger partial charge in [0.2, 0.25) is 5.91 Å². The lowest BCUT2D eigenvalue weighted by atomic mass is 9.88. The number of hydrogen-bond donors (Lipinski definition) is 0. The Kier molecular flexibility index (Phi) is 4.66. The van der Waals surface area contributed by atoms with Crippen LogP contribution in [0, 0.1) is 5.92 Å². The molecule has 1 aromatic carbocycles. The Labute approximate surface area is 137 Å². The third-order valence-electron chi connectivity index (χ3n) is 5.06. The van der Waals surface area contributed by atoms with Gasteiger partial charge < -0.3 is 9.64 Å². The largest absolute Gasteiger partial charge is 0.447 e. The van der Waals surface area contributed by atoms with Crippen LogP contribution in [0.15, 0.2) is 30.3 Å². The van der Waals surface area contributed by atoms with Crippen LogP contribution in [0.2, 0.25) is 0 Å². The minimum atomic E-state index is -0.483. The monoisotopic (exact) mass is 316 g/mol. The summed E-state index contributed by atoms with van der Waals surface area (Å²) in [6.45, 7) is 6.88. The van der Waals surface area contributed by atoms with E-state index in [2.05, 4.69) is 24.0 Å². The summed E-state index contributed by atoms with van der Waals surface area (Å²) in [4.78, 5) is 28.7. The molecule has 0 bridgehead atoms.